The molecular formula is C28H34N4O2S. The molecule has 7 heteroatoms. The van der Waals surface area contributed by atoms with E-state index in [1.165, 1.54) is 19.5 Å². The molecule has 2 aromatic carbocycles. The van der Waals surface area contributed by atoms with Gasteiger partial charge < -0.3 is 15.0 Å². The molecule has 1 aliphatic heterocycles. The lowest BCUT2D eigenvalue weighted by atomic mass is 9.92. The lowest BCUT2D eigenvalue weighted by Gasteiger charge is -2.34. The number of ether oxygens (including phenoxy) is 1. The Balaban J connectivity index is 1.21. The summed E-state index contributed by atoms with van der Waals surface area (Å²) in [5.74, 6) is 2.39. The molecule has 3 heterocycles. The second kappa shape index (κ2) is 10.4. The average molecular weight is 491 g/mol. The van der Waals surface area contributed by atoms with Crippen molar-refractivity contribution < 1.29 is 9.53 Å². The van der Waals surface area contributed by atoms with E-state index in [1.54, 1.807) is 11.3 Å². The SMILES string of the molecule is CCOc1ccc(-c2cn3c(n2)sc2cc(C(=O)NCCCN4C[C@H](C)C[C@@H](C)C4)ccc23)cc1. The van der Waals surface area contributed by atoms with E-state index in [2.05, 4.69) is 34.7 Å². The van der Waals surface area contributed by atoms with Crippen molar-refractivity contribution in [3.05, 3.63) is 54.2 Å². The zero-order valence-corrected chi connectivity index (χ0v) is 21.6. The first-order valence-corrected chi connectivity index (χ1v) is 13.5. The average Bonchev–Trinajstić information content (AvgIpc) is 3.39. The third-order valence-electron chi connectivity index (χ3n) is 6.70. The van der Waals surface area contributed by atoms with Crippen LogP contribution < -0.4 is 10.1 Å². The molecule has 4 aromatic rings. The minimum Gasteiger partial charge on any atom is -0.494 e. The molecule has 0 saturated carbocycles. The number of nitrogens with one attached hydrogen (secondary N) is 1. The highest BCUT2D eigenvalue weighted by molar-refractivity contribution is 7.23. The van der Waals surface area contributed by atoms with Gasteiger partial charge in [-0.1, -0.05) is 25.2 Å². The predicted octanol–water partition coefficient (Wildman–Crippen LogP) is 5.71. The van der Waals surface area contributed by atoms with Crippen molar-refractivity contribution in [3.8, 4) is 17.0 Å². The molecule has 184 valence electrons. The Hall–Kier alpha value is -2.90. The zero-order chi connectivity index (χ0) is 24.4. The third-order valence-corrected chi connectivity index (χ3v) is 7.72. The van der Waals surface area contributed by atoms with Gasteiger partial charge in [0, 0.05) is 37.0 Å². The van der Waals surface area contributed by atoms with E-state index < -0.39 is 0 Å². The van der Waals surface area contributed by atoms with E-state index in [9.17, 15) is 4.79 Å². The Bertz CT molecular complexity index is 1300. The van der Waals surface area contributed by atoms with Crippen molar-refractivity contribution >= 4 is 32.4 Å². The Labute approximate surface area is 210 Å². The molecule has 0 radical (unpaired) electrons. The predicted molar refractivity (Wildman–Crippen MR) is 144 cm³/mol. The van der Waals surface area contributed by atoms with Crippen molar-refractivity contribution in [2.75, 3.05) is 32.8 Å². The number of hydrogen-bond acceptors (Lipinski definition) is 5. The molecule has 1 saturated heterocycles. The number of nitrogens with zero attached hydrogens (tertiary/aromatic N) is 3. The number of amides is 1. The molecule has 1 aliphatic rings. The maximum absolute atomic E-state index is 12.8. The molecule has 0 spiro atoms. The highest BCUT2D eigenvalue weighted by Crippen LogP contribution is 2.31. The van der Waals surface area contributed by atoms with E-state index in [-0.39, 0.29) is 5.91 Å². The molecule has 2 aromatic heterocycles. The van der Waals surface area contributed by atoms with E-state index in [1.807, 2.05) is 49.4 Å². The number of carbonyl (C=O) groups excluding carboxylic acids is 1. The van der Waals surface area contributed by atoms with Crippen LogP contribution in [0.3, 0.4) is 0 Å². The lowest BCUT2D eigenvalue weighted by Crippen LogP contribution is -2.40. The van der Waals surface area contributed by atoms with Crippen molar-refractivity contribution in [1.29, 1.82) is 0 Å². The van der Waals surface area contributed by atoms with Gasteiger partial charge in [-0.2, -0.15) is 0 Å². The monoisotopic (exact) mass is 490 g/mol. The van der Waals surface area contributed by atoms with Crippen molar-refractivity contribution in [3.63, 3.8) is 0 Å². The highest BCUT2D eigenvalue weighted by Gasteiger charge is 2.21. The minimum atomic E-state index is -0.00611. The van der Waals surface area contributed by atoms with E-state index in [0.29, 0.717) is 18.7 Å². The van der Waals surface area contributed by atoms with Gasteiger partial charge in [-0.05, 0) is 80.6 Å². The normalized spacial score (nSPS) is 18.8. The molecule has 2 atom stereocenters. The Morgan fingerprint density at radius 2 is 1.91 bits per heavy atom. The van der Waals surface area contributed by atoms with Crippen LogP contribution in [0.2, 0.25) is 0 Å². The minimum absolute atomic E-state index is 0.00611. The van der Waals surface area contributed by atoms with Crippen molar-refractivity contribution in [2.24, 2.45) is 11.8 Å². The first kappa shape index (κ1) is 23.8. The Morgan fingerprint density at radius 3 is 2.66 bits per heavy atom. The van der Waals surface area contributed by atoms with E-state index >= 15 is 0 Å². The Kier molecular flexibility index (Phi) is 7.07. The number of rotatable bonds is 8. The number of likely N-dealkylation sites (tertiary alicyclic amines) is 1. The largest absolute Gasteiger partial charge is 0.494 e. The van der Waals surface area contributed by atoms with Gasteiger partial charge in [-0.3, -0.25) is 9.20 Å². The second-order valence-electron chi connectivity index (χ2n) is 9.84. The number of carbonyl (C=O) groups is 1. The fourth-order valence-corrected chi connectivity index (χ4v) is 6.30. The van der Waals surface area contributed by atoms with Gasteiger partial charge in [0.15, 0.2) is 4.96 Å². The molecule has 5 rings (SSSR count). The van der Waals surface area contributed by atoms with Crippen LogP contribution in [0.15, 0.2) is 48.7 Å². The molecule has 0 bridgehead atoms. The summed E-state index contributed by atoms with van der Waals surface area (Å²) in [6.45, 7) is 11.4. The smallest absolute Gasteiger partial charge is 0.251 e. The van der Waals surface area contributed by atoms with Crippen LogP contribution in [0.1, 0.15) is 44.0 Å². The standard InChI is InChI=1S/C28H34N4O2S/c1-4-34-23-9-6-21(7-10-23)24-18-32-25-11-8-22(15-26(25)35-28(32)30-24)27(33)29-12-5-13-31-16-19(2)14-20(3)17-31/h6-11,15,18-20H,4-5,12-14,16-17H2,1-3H3,(H,29,33)/t19-,20-/m1/s1. The summed E-state index contributed by atoms with van der Waals surface area (Å²) < 4.78 is 8.71. The summed E-state index contributed by atoms with van der Waals surface area (Å²) in [6.07, 6.45) is 4.37. The zero-order valence-electron chi connectivity index (χ0n) is 20.8. The summed E-state index contributed by atoms with van der Waals surface area (Å²) in [7, 11) is 0. The Morgan fingerprint density at radius 1 is 1.14 bits per heavy atom. The highest BCUT2D eigenvalue weighted by atomic mass is 32.1. The maximum Gasteiger partial charge on any atom is 0.251 e. The topological polar surface area (TPSA) is 58.9 Å². The number of thiazole rings is 1. The van der Waals surface area contributed by atoms with Gasteiger partial charge in [-0.15, -0.1) is 0 Å². The number of hydrogen-bond donors (Lipinski definition) is 1. The maximum atomic E-state index is 12.8. The fraction of sp³-hybridized carbons (Fsp3) is 0.429. The van der Waals surface area contributed by atoms with Crippen molar-refractivity contribution in [1.82, 2.24) is 19.6 Å². The molecule has 6 nitrogen and oxygen atoms in total. The second-order valence-corrected chi connectivity index (χ2v) is 10.8. The number of piperidine rings is 1. The van der Waals surface area contributed by atoms with Gasteiger partial charge in [0.05, 0.1) is 22.5 Å². The summed E-state index contributed by atoms with van der Waals surface area (Å²) in [6, 6.07) is 13.9. The summed E-state index contributed by atoms with van der Waals surface area (Å²) in [5.41, 5.74) is 3.76. The van der Waals surface area contributed by atoms with Crippen molar-refractivity contribution in [2.45, 2.75) is 33.6 Å². The lowest BCUT2D eigenvalue weighted by molar-refractivity contribution is 0.0947. The first-order valence-electron chi connectivity index (χ1n) is 12.7. The number of aromatic nitrogens is 2. The van der Waals surface area contributed by atoms with Crippen LogP contribution >= 0.6 is 11.3 Å². The number of fused-ring (bicyclic) bond motifs is 3. The fourth-order valence-electron chi connectivity index (χ4n) is 5.25. The van der Waals surface area contributed by atoms with Crippen LogP contribution in [0.4, 0.5) is 0 Å². The molecule has 1 N–H and O–H groups in total. The van der Waals surface area contributed by atoms with Gasteiger partial charge in [0.1, 0.15) is 5.75 Å². The van der Waals surface area contributed by atoms with Crippen LogP contribution in [-0.2, 0) is 0 Å². The first-order chi connectivity index (χ1) is 17.0. The third kappa shape index (κ3) is 5.36. The van der Waals surface area contributed by atoms with Gasteiger partial charge in [0.25, 0.3) is 5.91 Å². The van der Waals surface area contributed by atoms with Gasteiger partial charge in [0.2, 0.25) is 0 Å². The summed E-state index contributed by atoms with van der Waals surface area (Å²) in [4.78, 5) is 21.0. The molecule has 1 amide bonds. The van der Waals surface area contributed by atoms with Gasteiger partial charge in [-0.25, -0.2) is 4.98 Å². The van der Waals surface area contributed by atoms with Gasteiger partial charge >= 0.3 is 0 Å². The molecule has 0 unspecified atom stereocenters. The summed E-state index contributed by atoms with van der Waals surface area (Å²) in [5, 5.41) is 3.10. The van der Waals surface area contributed by atoms with Crippen LogP contribution in [-0.4, -0.2) is 53.0 Å². The number of benzene rings is 2. The number of imidazole rings is 1. The molecular weight excluding hydrogens is 456 g/mol. The van der Waals surface area contributed by atoms with Crippen LogP contribution in [0.25, 0.3) is 26.4 Å². The summed E-state index contributed by atoms with van der Waals surface area (Å²) >= 11 is 1.61. The molecule has 35 heavy (non-hydrogen) atoms. The van der Waals surface area contributed by atoms with E-state index in [0.717, 1.165) is 57.0 Å². The van der Waals surface area contributed by atoms with E-state index in [4.69, 9.17) is 9.72 Å². The van der Waals surface area contributed by atoms with Crippen LogP contribution in [0, 0.1) is 11.8 Å². The molecule has 0 aliphatic carbocycles. The van der Waals surface area contributed by atoms with Crippen LogP contribution in [0.5, 0.6) is 5.75 Å². The molecule has 1 fully saturated rings. The quantitative estimate of drug-likeness (QED) is 0.321.